The number of ketones is 1. The first-order valence-corrected chi connectivity index (χ1v) is 10.6. The molecule has 0 amide bonds. The van der Waals surface area contributed by atoms with Crippen LogP contribution in [0.4, 0.5) is 0 Å². The number of rotatable bonds is 7. The highest BCUT2D eigenvalue weighted by atomic mass is 32.1. The molecule has 3 heterocycles. The molecule has 30 heavy (non-hydrogen) atoms. The Hall–Kier alpha value is -3.19. The minimum absolute atomic E-state index is 0.0474. The Morgan fingerprint density at radius 3 is 2.70 bits per heavy atom. The zero-order chi connectivity index (χ0) is 21.3. The Morgan fingerprint density at radius 2 is 1.97 bits per heavy atom. The van der Waals surface area contributed by atoms with E-state index < -0.39 is 5.97 Å². The average Bonchev–Trinajstić information content (AvgIpc) is 3.40. The van der Waals surface area contributed by atoms with E-state index in [1.165, 1.54) is 16.9 Å². The summed E-state index contributed by atoms with van der Waals surface area (Å²) in [6.07, 6.45) is 3.73. The van der Waals surface area contributed by atoms with Gasteiger partial charge in [-0.1, -0.05) is 30.3 Å². The minimum Gasteiger partial charge on any atom is -0.457 e. The molecular formula is C23H23N3O3S. The molecule has 0 aliphatic carbocycles. The Balaban J connectivity index is 1.42. The van der Waals surface area contributed by atoms with E-state index in [1.54, 1.807) is 6.20 Å². The maximum Gasteiger partial charge on any atom is 0.312 e. The number of aryl methyl sites for hydroxylation is 1. The number of aromatic nitrogens is 3. The second-order valence-corrected chi connectivity index (χ2v) is 8.20. The van der Waals surface area contributed by atoms with Crippen molar-refractivity contribution < 1.29 is 14.3 Å². The molecule has 0 fully saturated rings. The number of fused-ring (bicyclic) bond motifs is 1. The molecule has 1 atom stereocenters. The van der Waals surface area contributed by atoms with Crippen molar-refractivity contribution in [2.24, 2.45) is 0 Å². The van der Waals surface area contributed by atoms with Gasteiger partial charge in [0.15, 0.2) is 11.6 Å². The lowest BCUT2D eigenvalue weighted by Gasteiger charge is -2.19. The van der Waals surface area contributed by atoms with Crippen molar-refractivity contribution in [3.8, 4) is 0 Å². The quantitative estimate of drug-likeness (QED) is 0.328. The summed E-state index contributed by atoms with van der Waals surface area (Å²) in [5.74, 6) is -0.658. The summed E-state index contributed by atoms with van der Waals surface area (Å²) in [7, 11) is 0. The van der Waals surface area contributed by atoms with Gasteiger partial charge in [-0.05, 0) is 32.4 Å². The first kappa shape index (κ1) is 20.1. The third-order valence-corrected chi connectivity index (χ3v) is 6.06. The van der Waals surface area contributed by atoms with Crippen molar-refractivity contribution in [1.82, 2.24) is 14.0 Å². The van der Waals surface area contributed by atoms with Crippen molar-refractivity contribution in [2.75, 3.05) is 6.61 Å². The van der Waals surface area contributed by atoms with Gasteiger partial charge in [0.1, 0.15) is 0 Å². The molecular weight excluding hydrogens is 398 g/mol. The van der Waals surface area contributed by atoms with Crippen molar-refractivity contribution in [2.45, 2.75) is 33.2 Å². The Kier molecular flexibility index (Phi) is 5.55. The minimum atomic E-state index is -0.458. The number of nitrogens with zero attached hydrogens (tertiary/aromatic N) is 3. The summed E-state index contributed by atoms with van der Waals surface area (Å²) < 4.78 is 9.24. The molecule has 0 aliphatic heterocycles. The molecule has 1 aromatic carbocycles. The number of esters is 1. The predicted molar refractivity (Wildman–Crippen MR) is 116 cm³/mol. The van der Waals surface area contributed by atoms with Gasteiger partial charge in [0.2, 0.25) is 5.78 Å². The van der Waals surface area contributed by atoms with Crippen molar-refractivity contribution in [3.05, 3.63) is 82.4 Å². The Bertz CT molecular complexity index is 1170. The van der Waals surface area contributed by atoms with Gasteiger partial charge >= 0.3 is 5.97 Å². The molecule has 154 valence electrons. The highest BCUT2D eigenvalue weighted by Gasteiger charge is 2.21. The molecule has 4 aromatic rings. The van der Waals surface area contributed by atoms with Crippen LogP contribution in [0.5, 0.6) is 0 Å². The third kappa shape index (κ3) is 3.93. The van der Waals surface area contributed by atoms with Crippen LogP contribution in [0.3, 0.4) is 0 Å². The number of thiazole rings is 1. The predicted octanol–water partition coefficient (Wildman–Crippen LogP) is 4.39. The zero-order valence-corrected chi connectivity index (χ0v) is 18.0. The first-order valence-electron chi connectivity index (χ1n) is 9.77. The molecule has 0 bridgehead atoms. The monoisotopic (exact) mass is 421 g/mol. The highest BCUT2D eigenvalue weighted by Crippen LogP contribution is 2.25. The Morgan fingerprint density at radius 1 is 1.20 bits per heavy atom. The van der Waals surface area contributed by atoms with Crippen LogP contribution in [-0.4, -0.2) is 32.3 Å². The molecule has 0 spiro atoms. The van der Waals surface area contributed by atoms with Crippen molar-refractivity contribution in [1.29, 1.82) is 0 Å². The average molecular weight is 422 g/mol. The molecule has 0 saturated carbocycles. The molecule has 0 aliphatic rings. The number of carbonyl (C=O) groups is 2. The van der Waals surface area contributed by atoms with Gasteiger partial charge in [-0.25, -0.2) is 4.98 Å². The SMILES string of the molecule is Cc1cc(C(=O)COC(=O)Cc2cn3ccsc3n2)c(C)n1[C@H](C)c1ccccc1. The van der Waals surface area contributed by atoms with E-state index >= 15 is 0 Å². The molecule has 0 saturated heterocycles. The number of benzene rings is 1. The molecule has 0 unspecified atom stereocenters. The second-order valence-electron chi connectivity index (χ2n) is 7.33. The van der Waals surface area contributed by atoms with Crippen LogP contribution in [0.15, 0.2) is 54.2 Å². The van der Waals surface area contributed by atoms with E-state index in [1.807, 2.05) is 54.1 Å². The summed E-state index contributed by atoms with van der Waals surface area (Å²) in [6.45, 7) is 5.75. The normalized spacial score (nSPS) is 12.2. The van der Waals surface area contributed by atoms with Crippen LogP contribution in [0.2, 0.25) is 0 Å². The standard InChI is InChI=1S/C23H23N3O3S/c1-15-11-20(17(3)26(15)16(2)18-7-5-4-6-8-18)21(27)14-29-22(28)12-19-13-25-9-10-30-23(25)24-19/h4-11,13,16H,12,14H2,1-3H3/t16-/m1/s1. The lowest BCUT2D eigenvalue weighted by atomic mass is 10.1. The fourth-order valence-electron chi connectivity index (χ4n) is 3.82. The van der Waals surface area contributed by atoms with Crippen molar-refractivity contribution in [3.63, 3.8) is 0 Å². The Labute approximate surface area is 178 Å². The van der Waals surface area contributed by atoms with Gasteiger partial charge in [-0.15, -0.1) is 11.3 Å². The molecule has 0 N–H and O–H groups in total. The van der Waals surface area contributed by atoms with Gasteiger partial charge in [0.05, 0.1) is 18.2 Å². The molecule has 4 rings (SSSR count). The second kappa shape index (κ2) is 8.28. The molecule has 0 radical (unpaired) electrons. The lowest BCUT2D eigenvalue weighted by molar-refractivity contribution is -0.141. The molecule has 6 nitrogen and oxygen atoms in total. The van der Waals surface area contributed by atoms with Crippen LogP contribution in [0.25, 0.3) is 4.96 Å². The van der Waals surface area contributed by atoms with Gasteiger partial charge in [0.25, 0.3) is 0 Å². The van der Waals surface area contributed by atoms with E-state index in [0.717, 1.165) is 16.3 Å². The smallest absolute Gasteiger partial charge is 0.312 e. The van der Waals surface area contributed by atoms with E-state index in [2.05, 4.69) is 28.6 Å². The summed E-state index contributed by atoms with van der Waals surface area (Å²) >= 11 is 1.50. The zero-order valence-electron chi connectivity index (χ0n) is 17.2. The number of hydrogen-bond acceptors (Lipinski definition) is 5. The van der Waals surface area contributed by atoms with E-state index in [9.17, 15) is 9.59 Å². The number of carbonyl (C=O) groups excluding carboxylic acids is 2. The highest BCUT2D eigenvalue weighted by molar-refractivity contribution is 7.15. The van der Waals surface area contributed by atoms with Gasteiger partial charge in [0, 0.05) is 34.7 Å². The van der Waals surface area contributed by atoms with Gasteiger partial charge < -0.3 is 9.30 Å². The fraction of sp³-hybridized carbons (Fsp3) is 0.261. The fourth-order valence-corrected chi connectivity index (χ4v) is 4.54. The summed E-state index contributed by atoms with van der Waals surface area (Å²) in [6, 6.07) is 12.1. The maximum atomic E-state index is 12.7. The van der Waals surface area contributed by atoms with Crippen LogP contribution in [0, 0.1) is 13.8 Å². The van der Waals surface area contributed by atoms with Gasteiger partial charge in [-0.2, -0.15) is 0 Å². The van der Waals surface area contributed by atoms with E-state index in [4.69, 9.17) is 4.74 Å². The van der Waals surface area contributed by atoms with Crippen molar-refractivity contribution >= 4 is 28.1 Å². The number of Topliss-reactive ketones (excluding diaryl/α,β-unsaturated/α-hetero) is 1. The van der Waals surface area contributed by atoms with Crippen LogP contribution >= 0.6 is 11.3 Å². The van der Waals surface area contributed by atoms with Crippen LogP contribution in [-0.2, 0) is 16.0 Å². The molecule has 7 heteroatoms. The third-order valence-electron chi connectivity index (χ3n) is 5.29. The number of imidazole rings is 1. The van der Waals surface area contributed by atoms with Crippen LogP contribution < -0.4 is 0 Å². The first-order chi connectivity index (χ1) is 14.4. The topological polar surface area (TPSA) is 65.6 Å². The maximum absolute atomic E-state index is 12.7. The summed E-state index contributed by atoms with van der Waals surface area (Å²) in [5.41, 5.74) is 4.26. The summed E-state index contributed by atoms with van der Waals surface area (Å²) in [5, 5.41) is 1.93. The largest absolute Gasteiger partial charge is 0.457 e. The van der Waals surface area contributed by atoms with Crippen LogP contribution in [0.1, 0.15) is 46.0 Å². The van der Waals surface area contributed by atoms with E-state index in [-0.39, 0.29) is 24.9 Å². The lowest BCUT2D eigenvalue weighted by Crippen LogP contribution is -2.17. The number of hydrogen-bond donors (Lipinski definition) is 0. The molecule has 3 aromatic heterocycles. The number of ether oxygens (including phenoxy) is 1. The summed E-state index contributed by atoms with van der Waals surface area (Å²) in [4.78, 5) is 30.1. The van der Waals surface area contributed by atoms with E-state index in [0.29, 0.717) is 11.3 Å². The van der Waals surface area contributed by atoms with Gasteiger partial charge in [-0.3, -0.25) is 14.0 Å².